The van der Waals surface area contributed by atoms with Crippen molar-refractivity contribution in [1.29, 1.82) is 0 Å². The molecule has 1 aromatic heterocycles. The van der Waals surface area contributed by atoms with Gasteiger partial charge in [-0.15, -0.1) is 0 Å². The van der Waals surface area contributed by atoms with E-state index in [0.717, 1.165) is 0 Å². The van der Waals surface area contributed by atoms with Crippen molar-refractivity contribution in [2.75, 3.05) is 6.79 Å². The molecule has 3 rings (SSSR count). The molecule has 0 saturated carbocycles. The van der Waals surface area contributed by atoms with Crippen LogP contribution in [0.4, 0.5) is 5.82 Å². The lowest BCUT2D eigenvalue weighted by molar-refractivity contribution is -0.389. The summed E-state index contributed by atoms with van der Waals surface area (Å²) in [5, 5.41) is 20.9. The molecular formula is C13H13N3O5. The highest BCUT2D eigenvalue weighted by atomic mass is 16.7. The number of aliphatic hydroxyl groups excluding tert-OH is 1. The minimum absolute atomic E-state index is 0.168. The van der Waals surface area contributed by atoms with E-state index in [2.05, 4.69) is 4.98 Å². The van der Waals surface area contributed by atoms with Crippen LogP contribution in [0.1, 0.15) is 17.5 Å². The fraction of sp³-hybridized carbons (Fsp3) is 0.308. The molecule has 2 heterocycles. The van der Waals surface area contributed by atoms with E-state index in [1.807, 2.05) is 0 Å². The summed E-state index contributed by atoms with van der Waals surface area (Å²) in [4.78, 5) is 14.0. The fourth-order valence-electron chi connectivity index (χ4n) is 2.18. The van der Waals surface area contributed by atoms with E-state index in [4.69, 9.17) is 9.47 Å². The van der Waals surface area contributed by atoms with Crippen molar-refractivity contribution < 1.29 is 19.5 Å². The summed E-state index contributed by atoms with van der Waals surface area (Å²) in [7, 11) is 0. The normalized spacial score (nSPS) is 14.2. The van der Waals surface area contributed by atoms with E-state index in [1.165, 1.54) is 6.20 Å². The van der Waals surface area contributed by atoms with Crippen LogP contribution < -0.4 is 9.47 Å². The number of nitrogens with zero attached hydrogens (tertiary/aromatic N) is 3. The minimum atomic E-state index is -0.827. The maximum Gasteiger partial charge on any atom is 0.381 e. The van der Waals surface area contributed by atoms with Gasteiger partial charge in [0.2, 0.25) is 12.6 Å². The molecule has 1 N–H and O–H groups in total. The van der Waals surface area contributed by atoms with E-state index in [-0.39, 0.29) is 19.2 Å². The zero-order chi connectivity index (χ0) is 15.0. The standard InChI is InChI=1S/C13H13N3O5/c1-8-14-13(16(18)19)6-15(8)5-10(17)9-2-3-11-12(4-9)21-7-20-11/h2-4,6,10,17H,5,7H2,1H3. The first-order valence-electron chi connectivity index (χ1n) is 6.30. The average Bonchev–Trinajstić information content (AvgIpc) is 3.05. The van der Waals surface area contributed by atoms with Gasteiger partial charge in [-0.1, -0.05) is 6.07 Å². The molecule has 1 unspecified atom stereocenters. The fourth-order valence-corrected chi connectivity index (χ4v) is 2.18. The second-order valence-corrected chi connectivity index (χ2v) is 4.68. The highest BCUT2D eigenvalue weighted by Gasteiger charge is 2.20. The first-order chi connectivity index (χ1) is 10.0. The van der Waals surface area contributed by atoms with Crippen molar-refractivity contribution >= 4 is 5.82 Å². The van der Waals surface area contributed by atoms with Crippen LogP contribution in [0, 0.1) is 17.0 Å². The predicted molar refractivity (Wildman–Crippen MR) is 71.1 cm³/mol. The third-order valence-electron chi connectivity index (χ3n) is 3.30. The monoisotopic (exact) mass is 291 g/mol. The van der Waals surface area contributed by atoms with Crippen LogP contribution in [0.5, 0.6) is 11.5 Å². The van der Waals surface area contributed by atoms with Gasteiger partial charge in [-0.05, 0) is 27.6 Å². The van der Waals surface area contributed by atoms with E-state index in [9.17, 15) is 15.2 Å². The Kier molecular flexibility index (Phi) is 3.22. The smallest absolute Gasteiger partial charge is 0.381 e. The van der Waals surface area contributed by atoms with Gasteiger partial charge in [-0.2, -0.15) is 0 Å². The van der Waals surface area contributed by atoms with Gasteiger partial charge in [0, 0.05) is 6.92 Å². The third kappa shape index (κ3) is 2.52. The Balaban J connectivity index is 1.80. The van der Waals surface area contributed by atoms with E-state index >= 15 is 0 Å². The van der Waals surface area contributed by atoms with Gasteiger partial charge in [0.05, 0.1) is 12.6 Å². The van der Waals surface area contributed by atoms with E-state index in [0.29, 0.717) is 22.9 Å². The summed E-state index contributed by atoms with van der Waals surface area (Å²) in [6.07, 6.45) is 0.484. The molecule has 1 aliphatic heterocycles. The zero-order valence-corrected chi connectivity index (χ0v) is 11.2. The molecule has 1 aliphatic rings. The van der Waals surface area contributed by atoms with Crippen LogP contribution in [0.3, 0.4) is 0 Å². The van der Waals surface area contributed by atoms with Crippen LogP contribution in [-0.2, 0) is 6.54 Å². The number of fused-ring (bicyclic) bond motifs is 1. The Labute approximate surface area is 119 Å². The number of aliphatic hydroxyl groups is 1. The summed E-state index contributed by atoms with van der Waals surface area (Å²) in [5.74, 6) is 1.46. The molecule has 2 aromatic rings. The molecule has 8 nitrogen and oxygen atoms in total. The lowest BCUT2D eigenvalue weighted by Gasteiger charge is -2.12. The highest BCUT2D eigenvalue weighted by Crippen LogP contribution is 2.34. The Hall–Kier alpha value is -2.61. The van der Waals surface area contributed by atoms with Gasteiger partial charge in [0.15, 0.2) is 11.5 Å². The van der Waals surface area contributed by atoms with E-state index in [1.54, 1.807) is 29.7 Å². The maximum absolute atomic E-state index is 10.7. The van der Waals surface area contributed by atoms with Crippen molar-refractivity contribution in [2.45, 2.75) is 19.6 Å². The number of nitro groups is 1. The molecule has 0 spiro atoms. The number of hydrogen-bond donors (Lipinski definition) is 1. The number of hydrogen-bond acceptors (Lipinski definition) is 6. The molecule has 0 radical (unpaired) electrons. The van der Waals surface area contributed by atoms with E-state index < -0.39 is 11.0 Å². The average molecular weight is 291 g/mol. The number of aryl methyl sites for hydroxylation is 1. The Morgan fingerprint density at radius 2 is 2.24 bits per heavy atom. The molecule has 0 fully saturated rings. The number of rotatable bonds is 4. The molecule has 0 amide bonds. The van der Waals surface area contributed by atoms with Crippen LogP contribution in [-0.4, -0.2) is 26.4 Å². The molecular weight excluding hydrogens is 278 g/mol. The summed E-state index contributed by atoms with van der Waals surface area (Å²) < 4.78 is 12.0. The molecule has 1 atom stereocenters. The summed E-state index contributed by atoms with van der Waals surface area (Å²) in [6, 6.07) is 5.16. The third-order valence-corrected chi connectivity index (χ3v) is 3.30. The maximum atomic E-state index is 10.7. The first kappa shape index (κ1) is 13.4. The quantitative estimate of drug-likeness (QED) is 0.678. The van der Waals surface area contributed by atoms with Crippen molar-refractivity contribution in [1.82, 2.24) is 9.55 Å². The first-order valence-corrected chi connectivity index (χ1v) is 6.30. The summed E-state index contributed by atoms with van der Waals surface area (Å²) >= 11 is 0. The summed E-state index contributed by atoms with van der Waals surface area (Å²) in [5.41, 5.74) is 0.648. The molecule has 21 heavy (non-hydrogen) atoms. The van der Waals surface area contributed by atoms with Crippen molar-refractivity contribution in [3.63, 3.8) is 0 Å². The molecule has 0 aliphatic carbocycles. The number of benzene rings is 1. The second kappa shape index (κ2) is 5.06. The van der Waals surface area contributed by atoms with Gasteiger partial charge < -0.3 is 29.3 Å². The SMILES string of the molecule is Cc1nc([N+](=O)[O-])cn1CC(O)c1ccc2c(c1)OCO2. The minimum Gasteiger partial charge on any atom is -0.454 e. The molecule has 0 bridgehead atoms. The number of aromatic nitrogens is 2. The largest absolute Gasteiger partial charge is 0.454 e. The zero-order valence-electron chi connectivity index (χ0n) is 11.2. The van der Waals surface area contributed by atoms with Crippen LogP contribution in [0.2, 0.25) is 0 Å². The van der Waals surface area contributed by atoms with Crippen LogP contribution >= 0.6 is 0 Å². The van der Waals surface area contributed by atoms with Gasteiger partial charge in [0.1, 0.15) is 6.20 Å². The van der Waals surface area contributed by atoms with Gasteiger partial charge in [-0.25, -0.2) is 0 Å². The van der Waals surface area contributed by atoms with Crippen molar-refractivity contribution in [2.24, 2.45) is 0 Å². The Morgan fingerprint density at radius 1 is 1.48 bits per heavy atom. The predicted octanol–water partition coefficient (Wildman–Crippen LogP) is 1.56. The second-order valence-electron chi connectivity index (χ2n) is 4.68. The Bertz CT molecular complexity index is 697. The number of ether oxygens (including phenoxy) is 2. The molecule has 8 heteroatoms. The van der Waals surface area contributed by atoms with Crippen molar-refractivity contribution in [3.05, 3.63) is 45.9 Å². The van der Waals surface area contributed by atoms with Crippen LogP contribution in [0.15, 0.2) is 24.4 Å². The van der Waals surface area contributed by atoms with Gasteiger partial charge in [-0.3, -0.25) is 0 Å². The Morgan fingerprint density at radius 3 is 2.95 bits per heavy atom. The topological polar surface area (TPSA) is 99.7 Å². The summed E-state index contributed by atoms with van der Waals surface area (Å²) in [6.45, 7) is 1.99. The molecule has 1 aromatic carbocycles. The molecule has 110 valence electrons. The van der Waals surface area contributed by atoms with Gasteiger partial charge in [0.25, 0.3) is 0 Å². The lowest BCUT2D eigenvalue weighted by atomic mass is 10.1. The molecule has 0 saturated heterocycles. The number of imidazole rings is 1. The van der Waals surface area contributed by atoms with Crippen LogP contribution in [0.25, 0.3) is 0 Å². The highest BCUT2D eigenvalue weighted by molar-refractivity contribution is 5.45. The lowest BCUT2D eigenvalue weighted by Crippen LogP contribution is -2.09. The van der Waals surface area contributed by atoms with Crippen molar-refractivity contribution in [3.8, 4) is 11.5 Å². The van der Waals surface area contributed by atoms with Gasteiger partial charge >= 0.3 is 5.82 Å².